The minimum absolute atomic E-state index is 0.208. The van der Waals surface area contributed by atoms with Gasteiger partial charge in [0.25, 0.3) is 5.91 Å². The highest BCUT2D eigenvalue weighted by Gasteiger charge is 2.22. The molecule has 9 nitrogen and oxygen atoms in total. The number of nitrogens with zero attached hydrogens (tertiary/aromatic N) is 6. The molecule has 0 saturated heterocycles. The van der Waals surface area contributed by atoms with Gasteiger partial charge in [0, 0.05) is 42.4 Å². The van der Waals surface area contributed by atoms with Gasteiger partial charge < -0.3 is 10.1 Å². The maximum absolute atomic E-state index is 13.3. The molecule has 1 aliphatic rings. The van der Waals surface area contributed by atoms with Gasteiger partial charge in [0.2, 0.25) is 0 Å². The molecular formula is C27H25N7O2. The molecule has 0 spiro atoms. The number of rotatable bonds is 5. The molecule has 0 bridgehead atoms. The summed E-state index contributed by atoms with van der Waals surface area (Å²) in [5.74, 6) is 0.316. The molecule has 36 heavy (non-hydrogen) atoms. The second-order valence-electron chi connectivity index (χ2n) is 8.86. The summed E-state index contributed by atoms with van der Waals surface area (Å²) < 4.78 is 9.32. The lowest BCUT2D eigenvalue weighted by molar-refractivity contribution is 0.102. The normalized spacial score (nSPS) is 12.9. The SMILES string of the molecule is COc1cc2ncnc(-c3cn(C)nc3-c3ccccc3)c2cc1NC(=O)c1cnn2c1CCCC2. The van der Waals surface area contributed by atoms with E-state index in [4.69, 9.17) is 9.84 Å². The highest BCUT2D eigenvalue weighted by atomic mass is 16.5. The maximum Gasteiger partial charge on any atom is 0.259 e. The molecule has 2 aromatic carbocycles. The summed E-state index contributed by atoms with van der Waals surface area (Å²) in [6, 6.07) is 13.7. The van der Waals surface area contributed by atoms with Crippen molar-refractivity contribution in [2.45, 2.75) is 25.8 Å². The number of nitrogens with one attached hydrogen (secondary N) is 1. The number of ether oxygens (including phenoxy) is 1. The number of hydrogen-bond acceptors (Lipinski definition) is 6. The van der Waals surface area contributed by atoms with Gasteiger partial charge in [-0.05, 0) is 25.3 Å². The van der Waals surface area contributed by atoms with E-state index in [1.54, 1.807) is 18.0 Å². The average molecular weight is 480 g/mol. The minimum Gasteiger partial charge on any atom is -0.494 e. The molecule has 0 saturated carbocycles. The van der Waals surface area contributed by atoms with E-state index in [0.717, 1.165) is 59.4 Å². The van der Waals surface area contributed by atoms with Crippen molar-refractivity contribution < 1.29 is 9.53 Å². The molecule has 6 rings (SSSR count). The van der Waals surface area contributed by atoms with Crippen molar-refractivity contribution in [1.29, 1.82) is 0 Å². The van der Waals surface area contributed by atoms with E-state index in [9.17, 15) is 4.79 Å². The number of carbonyl (C=O) groups excluding carboxylic acids is 1. The average Bonchev–Trinajstić information content (AvgIpc) is 3.52. The van der Waals surface area contributed by atoms with Gasteiger partial charge in [-0.2, -0.15) is 10.2 Å². The van der Waals surface area contributed by atoms with Crippen LogP contribution in [-0.4, -0.2) is 42.5 Å². The predicted molar refractivity (Wildman–Crippen MR) is 137 cm³/mol. The number of aryl methyl sites for hydroxylation is 2. The fourth-order valence-electron chi connectivity index (χ4n) is 4.84. The number of fused-ring (bicyclic) bond motifs is 2. The Balaban J connectivity index is 1.45. The van der Waals surface area contributed by atoms with E-state index in [-0.39, 0.29) is 5.91 Å². The fourth-order valence-corrected chi connectivity index (χ4v) is 4.84. The molecule has 0 radical (unpaired) electrons. The zero-order chi connectivity index (χ0) is 24.6. The second kappa shape index (κ2) is 8.92. The van der Waals surface area contributed by atoms with Crippen LogP contribution in [0.2, 0.25) is 0 Å². The van der Waals surface area contributed by atoms with Crippen LogP contribution in [0.3, 0.4) is 0 Å². The zero-order valence-electron chi connectivity index (χ0n) is 20.1. The first kappa shape index (κ1) is 22.0. The van der Waals surface area contributed by atoms with Crippen molar-refractivity contribution in [2.75, 3.05) is 12.4 Å². The van der Waals surface area contributed by atoms with Crippen LogP contribution in [0.1, 0.15) is 28.9 Å². The van der Waals surface area contributed by atoms with Crippen LogP contribution in [0.4, 0.5) is 5.69 Å². The van der Waals surface area contributed by atoms with Crippen LogP contribution in [0, 0.1) is 0 Å². The Morgan fingerprint density at radius 3 is 2.78 bits per heavy atom. The summed E-state index contributed by atoms with van der Waals surface area (Å²) in [5, 5.41) is 12.9. The largest absolute Gasteiger partial charge is 0.494 e. The minimum atomic E-state index is -0.208. The van der Waals surface area contributed by atoms with E-state index >= 15 is 0 Å². The smallest absolute Gasteiger partial charge is 0.259 e. The molecule has 180 valence electrons. The Hall–Kier alpha value is -4.53. The third-order valence-electron chi connectivity index (χ3n) is 6.56. The summed E-state index contributed by atoms with van der Waals surface area (Å²) >= 11 is 0. The molecule has 1 aliphatic heterocycles. The van der Waals surface area contributed by atoms with E-state index < -0.39 is 0 Å². The highest BCUT2D eigenvalue weighted by molar-refractivity contribution is 6.08. The van der Waals surface area contributed by atoms with Crippen LogP contribution >= 0.6 is 0 Å². The summed E-state index contributed by atoms with van der Waals surface area (Å²) in [4.78, 5) is 22.4. The molecule has 1 N–H and O–H groups in total. The molecule has 0 fully saturated rings. The number of aromatic nitrogens is 6. The standard InChI is InChI=1S/C27H25N7O2/c1-33-15-20(25(32-33)17-8-4-3-5-9-17)26-18-12-22(24(36-2)13-21(18)28-16-29-26)31-27(35)19-14-30-34-11-7-6-10-23(19)34/h3-5,8-9,12-16H,6-7,10-11H2,1-2H3,(H,31,35). The first-order valence-electron chi connectivity index (χ1n) is 11.9. The van der Waals surface area contributed by atoms with Crippen LogP contribution in [0.15, 0.2) is 61.2 Å². The van der Waals surface area contributed by atoms with Crippen LogP contribution in [0.5, 0.6) is 5.75 Å². The van der Waals surface area contributed by atoms with Gasteiger partial charge in [0.05, 0.1) is 41.5 Å². The van der Waals surface area contributed by atoms with E-state index in [1.165, 1.54) is 6.33 Å². The molecule has 0 atom stereocenters. The summed E-state index contributed by atoms with van der Waals surface area (Å²) in [6.07, 6.45) is 8.12. The maximum atomic E-state index is 13.3. The van der Waals surface area contributed by atoms with Crippen molar-refractivity contribution in [1.82, 2.24) is 29.5 Å². The Kier molecular flexibility index (Phi) is 5.44. The quantitative estimate of drug-likeness (QED) is 0.399. The van der Waals surface area contributed by atoms with Crippen molar-refractivity contribution in [2.24, 2.45) is 7.05 Å². The van der Waals surface area contributed by atoms with E-state index in [0.29, 0.717) is 22.5 Å². The Labute approximate surface area is 207 Å². The highest BCUT2D eigenvalue weighted by Crippen LogP contribution is 2.37. The van der Waals surface area contributed by atoms with Gasteiger partial charge in [-0.3, -0.25) is 14.2 Å². The summed E-state index contributed by atoms with van der Waals surface area (Å²) in [5.41, 5.74) is 6.26. The topological polar surface area (TPSA) is 99.8 Å². The van der Waals surface area contributed by atoms with Gasteiger partial charge in [0.1, 0.15) is 17.8 Å². The fraction of sp³-hybridized carbons (Fsp3) is 0.222. The van der Waals surface area contributed by atoms with Crippen molar-refractivity contribution >= 4 is 22.5 Å². The lowest BCUT2D eigenvalue weighted by Crippen LogP contribution is -2.18. The molecule has 0 unspecified atom stereocenters. The Morgan fingerprint density at radius 1 is 1.08 bits per heavy atom. The predicted octanol–water partition coefficient (Wildman–Crippen LogP) is 4.49. The number of hydrogen-bond donors (Lipinski definition) is 1. The number of methoxy groups -OCH3 is 1. The van der Waals surface area contributed by atoms with Gasteiger partial charge >= 0.3 is 0 Å². The van der Waals surface area contributed by atoms with Gasteiger partial charge in [-0.15, -0.1) is 0 Å². The molecule has 1 amide bonds. The van der Waals surface area contributed by atoms with Gasteiger partial charge in [-0.25, -0.2) is 9.97 Å². The second-order valence-corrected chi connectivity index (χ2v) is 8.86. The summed E-state index contributed by atoms with van der Waals surface area (Å²) in [6.45, 7) is 0.845. The third-order valence-corrected chi connectivity index (χ3v) is 6.56. The third kappa shape index (κ3) is 3.78. The van der Waals surface area contributed by atoms with Crippen molar-refractivity contribution in [3.8, 4) is 28.3 Å². The number of amides is 1. The Bertz CT molecular complexity index is 1590. The first-order valence-corrected chi connectivity index (χ1v) is 11.9. The van der Waals surface area contributed by atoms with Crippen LogP contribution in [0.25, 0.3) is 33.4 Å². The molecule has 9 heteroatoms. The van der Waals surface area contributed by atoms with E-state index in [2.05, 4.69) is 20.4 Å². The van der Waals surface area contributed by atoms with Crippen molar-refractivity contribution in [3.05, 3.63) is 72.4 Å². The molecule has 4 heterocycles. The number of benzene rings is 2. The summed E-state index contributed by atoms with van der Waals surface area (Å²) in [7, 11) is 3.47. The number of carbonyl (C=O) groups is 1. The van der Waals surface area contributed by atoms with E-state index in [1.807, 2.05) is 60.4 Å². The number of anilines is 1. The van der Waals surface area contributed by atoms with Gasteiger partial charge in [0.15, 0.2) is 0 Å². The molecule has 0 aliphatic carbocycles. The lowest BCUT2D eigenvalue weighted by Gasteiger charge is -2.16. The first-order chi connectivity index (χ1) is 17.6. The molecular weight excluding hydrogens is 454 g/mol. The van der Waals surface area contributed by atoms with Crippen LogP contribution in [-0.2, 0) is 20.0 Å². The monoisotopic (exact) mass is 479 g/mol. The molecule has 3 aromatic heterocycles. The van der Waals surface area contributed by atoms with Crippen LogP contribution < -0.4 is 10.1 Å². The molecule has 5 aromatic rings. The van der Waals surface area contributed by atoms with Crippen molar-refractivity contribution in [3.63, 3.8) is 0 Å². The van der Waals surface area contributed by atoms with Gasteiger partial charge in [-0.1, -0.05) is 30.3 Å². The lowest BCUT2D eigenvalue weighted by atomic mass is 10.0. The Morgan fingerprint density at radius 2 is 1.94 bits per heavy atom. The zero-order valence-corrected chi connectivity index (χ0v) is 20.1.